The van der Waals surface area contributed by atoms with Gasteiger partial charge in [0.2, 0.25) is 0 Å². The summed E-state index contributed by atoms with van der Waals surface area (Å²) in [6.45, 7) is 2.59. The predicted octanol–water partition coefficient (Wildman–Crippen LogP) is -0.0866. The zero-order valence-corrected chi connectivity index (χ0v) is 9.84. The van der Waals surface area contributed by atoms with Gasteiger partial charge in [-0.05, 0) is 24.6 Å². The lowest BCUT2D eigenvalue weighted by Crippen LogP contribution is -2.39. The average Bonchev–Trinajstić information content (AvgIpc) is 2.56. The van der Waals surface area contributed by atoms with Crippen LogP contribution in [0.4, 0.5) is 0 Å². The Morgan fingerprint density at radius 2 is 2.25 bits per heavy atom. The summed E-state index contributed by atoms with van der Waals surface area (Å²) < 4.78 is 0. The summed E-state index contributed by atoms with van der Waals surface area (Å²) in [6.07, 6.45) is 5.03. The first-order valence-electron chi connectivity index (χ1n) is 5.96. The minimum Gasteiger partial charge on any atom is -0.329 e. The molecule has 90 valence electrons. The summed E-state index contributed by atoms with van der Waals surface area (Å²) >= 11 is 0. The van der Waals surface area contributed by atoms with Gasteiger partial charge in [-0.3, -0.25) is 4.90 Å². The van der Waals surface area contributed by atoms with Gasteiger partial charge in [0.15, 0.2) is 5.82 Å². The fourth-order valence-corrected chi connectivity index (χ4v) is 2.28. The molecule has 1 aliphatic heterocycles. The maximum Gasteiger partial charge on any atom is 0.188 e. The van der Waals surface area contributed by atoms with E-state index in [2.05, 4.69) is 20.3 Å². The molecular formula is C10H20N6. The van der Waals surface area contributed by atoms with Gasteiger partial charge in [-0.2, -0.15) is 4.80 Å². The lowest BCUT2D eigenvalue weighted by Gasteiger charge is -2.27. The Kier molecular flexibility index (Phi) is 3.84. The molecule has 1 unspecified atom stereocenters. The van der Waals surface area contributed by atoms with Crippen LogP contribution >= 0.6 is 0 Å². The Morgan fingerprint density at radius 3 is 2.94 bits per heavy atom. The predicted molar refractivity (Wildman–Crippen MR) is 60.5 cm³/mol. The second-order valence-electron chi connectivity index (χ2n) is 4.40. The Bertz CT molecular complexity index is 323. The van der Waals surface area contributed by atoms with E-state index in [0.29, 0.717) is 6.04 Å². The lowest BCUT2D eigenvalue weighted by atomic mass is 10.1. The molecule has 0 saturated carbocycles. The molecule has 0 bridgehead atoms. The number of aryl methyl sites for hydroxylation is 1. The van der Waals surface area contributed by atoms with Crippen LogP contribution in [-0.2, 0) is 13.6 Å². The molecule has 0 spiro atoms. The molecule has 1 aliphatic rings. The van der Waals surface area contributed by atoms with E-state index in [4.69, 9.17) is 5.73 Å². The molecule has 2 rings (SSSR count). The van der Waals surface area contributed by atoms with Crippen LogP contribution in [0.1, 0.15) is 31.5 Å². The highest BCUT2D eigenvalue weighted by Crippen LogP contribution is 2.17. The van der Waals surface area contributed by atoms with Gasteiger partial charge in [-0.25, -0.2) is 0 Å². The number of rotatable bonds is 3. The monoisotopic (exact) mass is 224 g/mol. The van der Waals surface area contributed by atoms with Crippen LogP contribution in [0.3, 0.4) is 0 Å². The number of nitrogens with two attached hydrogens (primary N) is 1. The summed E-state index contributed by atoms with van der Waals surface area (Å²) in [5.41, 5.74) is 5.82. The van der Waals surface area contributed by atoms with Crippen LogP contribution in [-0.4, -0.2) is 44.2 Å². The van der Waals surface area contributed by atoms with Crippen LogP contribution in [0.2, 0.25) is 0 Å². The van der Waals surface area contributed by atoms with Gasteiger partial charge in [-0.1, -0.05) is 12.8 Å². The Labute approximate surface area is 95.8 Å². The summed E-state index contributed by atoms with van der Waals surface area (Å²) in [5, 5.41) is 12.1. The molecular weight excluding hydrogens is 204 g/mol. The quantitative estimate of drug-likeness (QED) is 0.777. The van der Waals surface area contributed by atoms with Crippen molar-refractivity contribution < 1.29 is 0 Å². The van der Waals surface area contributed by atoms with E-state index in [1.165, 1.54) is 30.5 Å². The van der Waals surface area contributed by atoms with Gasteiger partial charge in [0.25, 0.3) is 0 Å². The van der Waals surface area contributed by atoms with Crippen molar-refractivity contribution in [3.05, 3.63) is 5.82 Å². The number of hydrogen-bond acceptors (Lipinski definition) is 5. The largest absolute Gasteiger partial charge is 0.329 e. The molecule has 0 radical (unpaired) electrons. The minimum absolute atomic E-state index is 0.478. The van der Waals surface area contributed by atoms with Gasteiger partial charge in [0.05, 0.1) is 13.6 Å². The molecule has 1 atom stereocenters. The van der Waals surface area contributed by atoms with Crippen molar-refractivity contribution in [1.82, 2.24) is 25.1 Å². The highest BCUT2D eigenvalue weighted by atomic mass is 15.6. The van der Waals surface area contributed by atoms with Crippen LogP contribution < -0.4 is 5.73 Å². The molecule has 6 heteroatoms. The third kappa shape index (κ3) is 2.76. The van der Waals surface area contributed by atoms with Gasteiger partial charge in [0, 0.05) is 12.6 Å². The van der Waals surface area contributed by atoms with E-state index in [-0.39, 0.29) is 0 Å². The molecule has 1 saturated heterocycles. The normalized spacial score (nSPS) is 23.2. The molecule has 2 N–H and O–H groups in total. The van der Waals surface area contributed by atoms with Crippen molar-refractivity contribution >= 4 is 0 Å². The molecule has 1 aromatic rings. The molecule has 2 heterocycles. The standard InChI is InChI=1S/C10H20N6/c1-15-13-10(12-14-15)8-16-6-4-2-3-5-9(16)7-11/h9H,2-8,11H2,1H3. The SMILES string of the molecule is Cn1nnc(CN2CCCCCC2CN)n1. The van der Waals surface area contributed by atoms with E-state index in [1.54, 1.807) is 7.05 Å². The van der Waals surface area contributed by atoms with E-state index < -0.39 is 0 Å². The van der Waals surface area contributed by atoms with Crippen molar-refractivity contribution in [2.24, 2.45) is 12.8 Å². The number of hydrogen-bond donors (Lipinski definition) is 1. The third-order valence-electron chi connectivity index (χ3n) is 3.17. The number of tetrazole rings is 1. The van der Waals surface area contributed by atoms with Crippen molar-refractivity contribution in [3.8, 4) is 0 Å². The first-order valence-corrected chi connectivity index (χ1v) is 5.96. The fourth-order valence-electron chi connectivity index (χ4n) is 2.28. The van der Waals surface area contributed by atoms with Gasteiger partial charge >= 0.3 is 0 Å². The average molecular weight is 224 g/mol. The highest BCUT2D eigenvalue weighted by molar-refractivity contribution is 4.83. The summed E-state index contributed by atoms with van der Waals surface area (Å²) in [4.78, 5) is 3.90. The van der Waals surface area contributed by atoms with Gasteiger partial charge < -0.3 is 5.73 Å². The first-order chi connectivity index (χ1) is 7.79. The number of likely N-dealkylation sites (tertiary alicyclic amines) is 1. The van der Waals surface area contributed by atoms with Crippen molar-refractivity contribution in [3.63, 3.8) is 0 Å². The minimum atomic E-state index is 0.478. The maximum absolute atomic E-state index is 5.82. The first kappa shape index (κ1) is 11.5. The summed E-state index contributed by atoms with van der Waals surface area (Å²) in [5.74, 6) is 0.794. The second-order valence-corrected chi connectivity index (χ2v) is 4.40. The topological polar surface area (TPSA) is 72.9 Å². The Morgan fingerprint density at radius 1 is 1.38 bits per heavy atom. The van der Waals surface area contributed by atoms with Crippen LogP contribution in [0.25, 0.3) is 0 Å². The van der Waals surface area contributed by atoms with Crippen LogP contribution in [0, 0.1) is 0 Å². The fraction of sp³-hybridized carbons (Fsp3) is 0.900. The third-order valence-corrected chi connectivity index (χ3v) is 3.17. The van der Waals surface area contributed by atoms with Crippen LogP contribution in [0.15, 0.2) is 0 Å². The van der Waals surface area contributed by atoms with E-state index in [9.17, 15) is 0 Å². The number of aromatic nitrogens is 4. The molecule has 16 heavy (non-hydrogen) atoms. The van der Waals surface area contributed by atoms with E-state index in [0.717, 1.165) is 25.5 Å². The zero-order chi connectivity index (χ0) is 11.4. The van der Waals surface area contributed by atoms with Gasteiger partial charge in [-0.15, -0.1) is 10.2 Å². The summed E-state index contributed by atoms with van der Waals surface area (Å²) in [7, 11) is 1.79. The smallest absolute Gasteiger partial charge is 0.188 e. The highest BCUT2D eigenvalue weighted by Gasteiger charge is 2.21. The molecule has 6 nitrogen and oxygen atoms in total. The van der Waals surface area contributed by atoms with Crippen molar-refractivity contribution in [1.29, 1.82) is 0 Å². The summed E-state index contributed by atoms with van der Waals surface area (Å²) in [6, 6.07) is 0.478. The molecule has 0 aliphatic carbocycles. The molecule has 0 amide bonds. The van der Waals surface area contributed by atoms with E-state index in [1.807, 2.05) is 0 Å². The zero-order valence-electron chi connectivity index (χ0n) is 9.84. The lowest BCUT2D eigenvalue weighted by molar-refractivity contribution is 0.191. The second kappa shape index (κ2) is 5.36. The van der Waals surface area contributed by atoms with E-state index >= 15 is 0 Å². The van der Waals surface area contributed by atoms with Crippen molar-refractivity contribution in [2.75, 3.05) is 13.1 Å². The molecule has 0 aromatic carbocycles. The number of nitrogens with zero attached hydrogens (tertiary/aromatic N) is 5. The van der Waals surface area contributed by atoms with Crippen molar-refractivity contribution in [2.45, 2.75) is 38.3 Å². The Hall–Kier alpha value is -1.01. The Balaban J connectivity index is 1.99. The van der Waals surface area contributed by atoms with Gasteiger partial charge in [0.1, 0.15) is 0 Å². The maximum atomic E-state index is 5.82. The van der Waals surface area contributed by atoms with Crippen LogP contribution in [0.5, 0.6) is 0 Å². The molecule has 1 aromatic heterocycles. The molecule has 1 fully saturated rings.